The molecule has 1 aromatic carbocycles. The Labute approximate surface area is 117 Å². The van der Waals surface area contributed by atoms with Gasteiger partial charge in [0, 0.05) is 17.9 Å². The van der Waals surface area contributed by atoms with Gasteiger partial charge in [-0.05, 0) is 37.5 Å². The summed E-state index contributed by atoms with van der Waals surface area (Å²) in [7, 11) is -3.32. The van der Waals surface area contributed by atoms with E-state index in [9.17, 15) is 8.42 Å². The molecule has 5 heteroatoms. The lowest BCUT2D eigenvalue weighted by Crippen LogP contribution is -2.41. The van der Waals surface area contributed by atoms with Crippen molar-refractivity contribution < 1.29 is 8.42 Å². The third kappa shape index (κ3) is 2.78. The Morgan fingerprint density at radius 2 is 1.94 bits per heavy atom. The minimum Gasteiger partial charge on any atom is -0.207 e. The molecule has 0 spiro atoms. The average molecular weight is 332 g/mol. The number of rotatable bonds is 3. The molecule has 1 saturated heterocycles. The molecule has 18 heavy (non-hydrogen) atoms. The van der Waals surface area contributed by atoms with Gasteiger partial charge in [0.1, 0.15) is 0 Å². The second-order valence-electron chi connectivity index (χ2n) is 4.74. The van der Waals surface area contributed by atoms with Crippen molar-refractivity contribution in [2.75, 3.05) is 6.54 Å². The zero-order chi connectivity index (χ0) is 13.2. The maximum Gasteiger partial charge on any atom is 0.243 e. The molecule has 1 fully saturated rings. The van der Waals surface area contributed by atoms with E-state index >= 15 is 0 Å². The van der Waals surface area contributed by atoms with E-state index in [0.717, 1.165) is 30.2 Å². The van der Waals surface area contributed by atoms with Crippen LogP contribution in [0.1, 0.15) is 31.7 Å². The smallest absolute Gasteiger partial charge is 0.207 e. The molecule has 2 rings (SSSR count). The van der Waals surface area contributed by atoms with Gasteiger partial charge >= 0.3 is 0 Å². The molecular weight excluding hydrogens is 314 g/mol. The molecule has 1 aromatic rings. The largest absolute Gasteiger partial charge is 0.243 e. The first-order valence-corrected chi connectivity index (χ1v) is 8.78. The van der Waals surface area contributed by atoms with Crippen LogP contribution >= 0.6 is 15.9 Å². The fourth-order valence-corrected chi connectivity index (χ4v) is 4.39. The number of alkyl halides is 1. The van der Waals surface area contributed by atoms with Crippen molar-refractivity contribution in [1.29, 1.82) is 0 Å². The van der Waals surface area contributed by atoms with Gasteiger partial charge in [-0.25, -0.2) is 8.42 Å². The Balaban J connectivity index is 2.28. The van der Waals surface area contributed by atoms with Crippen LogP contribution in [0.5, 0.6) is 0 Å². The minimum absolute atomic E-state index is 0.111. The van der Waals surface area contributed by atoms with Crippen molar-refractivity contribution >= 4 is 26.0 Å². The number of benzene rings is 1. The lowest BCUT2D eigenvalue weighted by Gasteiger charge is -2.32. The van der Waals surface area contributed by atoms with Crippen LogP contribution in [0, 0.1) is 0 Å². The Hall–Kier alpha value is -0.390. The molecule has 0 saturated carbocycles. The highest BCUT2D eigenvalue weighted by Gasteiger charge is 2.30. The van der Waals surface area contributed by atoms with E-state index < -0.39 is 10.0 Å². The Morgan fingerprint density at radius 3 is 2.50 bits per heavy atom. The lowest BCUT2D eigenvalue weighted by atomic mass is 10.1. The van der Waals surface area contributed by atoms with Crippen molar-refractivity contribution in [2.24, 2.45) is 0 Å². The first-order chi connectivity index (χ1) is 8.55. The van der Waals surface area contributed by atoms with E-state index in [2.05, 4.69) is 15.9 Å². The maximum absolute atomic E-state index is 12.5. The average Bonchev–Trinajstić information content (AvgIpc) is 2.39. The van der Waals surface area contributed by atoms with Gasteiger partial charge in [0.25, 0.3) is 0 Å². The van der Waals surface area contributed by atoms with E-state index in [1.54, 1.807) is 16.4 Å². The van der Waals surface area contributed by atoms with E-state index in [4.69, 9.17) is 0 Å². The summed E-state index contributed by atoms with van der Waals surface area (Å²) in [6.45, 7) is 2.63. The van der Waals surface area contributed by atoms with E-state index in [1.165, 1.54) is 0 Å². The summed E-state index contributed by atoms with van der Waals surface area (Å²) < 4.78 is 26.7. The van der Waals surface area contributed by atoms with Gasteiger partial charge in [-0.2, -0.15) is 4.31 Å². The Bertz CT molecular complexity index is 498. The summed E-state index contributed by atoms with van der Waals surface area (Å²) in [5.74, 6) is 0. The number of nitrogens with zero attached hydrogens (tertiary/aromatic N) is 1. The molecule has 1 atom stereocenters. The van der Waals surface area contributed by atoms with Gasteiger partial charge in [-0.1, -0.05) is 34.5 Å². The third-order valence-corrected chi connectivity index (χ3v) is 6.10. The van der Waals surface area contributed by atoms with Crippen molar-refractivity contribution in [3.05, 3.63) is 29.8 Å². The van der Waals surface area contributed by atoms with Crippen LogP contribution in [0.25, 0.3) is 0 Å². The zero-order valence-electron chi connectivity index (χ0n) is 10.5. The molecule has 1 aliphatic heterocycles. The lowest BCUT2D eigenvalue weighted by molar-refractivity contribution is 0.268. The quantitative estimate of drug-likeness (QED) is 0.798. The van der Waals surface area contributed by atoms with Crippen molar-refractivity contribution in [3.63, 3.8) is 0 Å². The molecule has 3 nitrogen and oxygen atoms in total. The molecule has 0 aromatic heterocycles. The highest BCUT2D eigenvalue weighted by atomic mass is 79.9. The van der Waals surface area contributed by atoms with E-state index in [1.807, 2.05) is 19.1 Å². The van der Waals surface area contributed by atoms with Crippen LogP contribution in [0.2, 0.25) is 0 Å². The Morgan fingerprint density at radius 1 is 1.28 bits per heavy atom. The summed E-state index contributed by atoms with van der Waals surface area (Å²) in [5.41, 5.74) is 1.08. The fourth-order valence-electron chi connectivity index (χ4n) is 2.31. The van der Waals surface area contributed by atoms with E-state index in [-0.39, 0.29) is 6.04 Å². The van der Waals surface area contributed by atoms with Gasteiger partial charge < -0.3 is 0 Å². The van der Waals surface area contributed by atoms with Crippen LogP contribution < -0.4 is 0 Å². The zero-order valence-corrected chi connectivity index (χ0v) is 12.9. The highest BCUT2D eigenvalue weighted by molar-refractivity contribution is 9.08. The molecule has 0 amide bonds. The predicted octanol–water partition coefficient (Wildman–Crippen LogP) is 3.14. The second-order valence-corrected chi connectivity index (χ2v) is 7.19. The van der Waals surface area contributed by atoms with Crippen molar-refractivity contribution in [3.8, 4) is 0 Å². The highest BCUT2D eigenvalue weighted by Crippen LogP contribution is 2.25. The maximum atomic E-state index is 12.5. The number of piperidine rings is 1. The van der Waals surface area contributed by atoms with E-state index in [0.29, 0.717) is 11.4 Å². The molecule has 1 unspecified atom stereocenters. The molecule has 1 heterocycles. The summed E-state index contributed by atoms with van der Waals surface area (Å²) in [6, 6.07) is 7.23. The number of hydrogen-bond acceptors (Lipinski definition) is 2. The first kappa shape index (κ1) is 14.0. The molecule has 0 N–H and O–H groups in total. The SMILES string of the molecule is CC1CCCCN1S(=O)(=O)c1ccc(CBr)cc1. The van der Waals surface area contributed by atoms with Gasteiger partial charge in [0.05, 0.1) is 4.90 Å². The van der Waals surface area contributed by atoms with Crippen LogP contribution in [0.15, 0.2) is 29.2 Å². The predicted molar refractivity (Wildman–Crippen MR) is 76.3 cm³/mol. The second kappa shape index (κ2) is 5.72. The van der Waals surface area contributed by atoms with Crippen LogP contribution in [-0.4, -0.2) is 25.3 Å². The Kier molecular flexibility index (Phi) is 4.45. The number of sulfonamides is 1. The summed E-state index contributed by atoms with van der Waals surface area (Å²) >= 11 is 3.36. The molecule has 1 aliphatic rings. The standard InChI is InChI=1S/C13H18BrNO2S/c1-11-4-2-3-9-15(11)18(16,17)13-7-5-12(10-14)6-8-13/h5-8,11H,2-4,9-10H2,1H3. The van der Waals surface area contributed by atoms with Gasteiger partial charge in [-0.3, -0.25) is 0 Å². The van der Waals surface area contributed by atoms with Gasteiger partial charge in [0.2, 0.25) is 10.0 Å². The molecular formula is C13H18BrNO2S. The van der Waals surface area contributed by atoms with Crippen LogP contribution in [0.3, 0.4) is 0 Å². The number of hydrogen-bond donors (Lipinski definition) is 0. The minimum atomic E-state index is -3.32. The number of halogens is 1. The van der Waals surface area contributed by atoms with Crippen LogP contribution in [-0.2, 0) is 15.4 Å². The summed E-state index contributed by atoms with van der Waals surface area (Å²) in [5, 5.41) is 0.743. The monoisotopic (exact) mass is 331 g/mol. The molecule has 0 radical (unpaired) electrons. The van der Waals surface area contributed by atoms with Crippen molar-refractivity contribution in [2.45, 2.75) is 42.5 Å². The fraction of sp³-hybridized carbons (Fsp3) is 0.538. The van der Waals surface area contributed by atoms with Gasteiger partial charge in [-0.15, -0.1) is 0 Å². The summed E-state index contributed by atoms with van der Waals surface area (Å²) in [4.78, 5) is 0.404. The van der Waals surface area contributed by atoms with Crippen LogP contribution in [0.4, 0.5) is 0 Å². The molecule has 100 valence electrons. The van der Waals surface area contributed by atoms with Gasteiger partial charge in [0.15, 0.2) is 0 Å². The topological polar surface area (TPSA) is 37.4 Å². The van der Waals surface area contributed by atoms with Crippen molar-refractivity contribution in [1.82, 2.24) is 4.31 Å². The third-order valence-electron chi connectivity index (χ3n) is 3.43. The summed E-state index contributed by atoms with van der Waals surface area (Å²) in [6.07, 6.45) is 3.04. The molecule has 0 aliphatic carbocycles. The first-order valence-electron chi connectivity index (χ1n) is 6.22. The molecule has 0 bridgehead atoms. The normalized spacial score (nSPS) is 22.0.